The number of hydrogen-bond donors (Lipinski definition) is 1. The van der Waals surface area contributed by atoms with Crippen LogP contribution in [0.2, 0.25) is 0 Å². The highest BCUT2D eigenvalue weighted by molar-refractivity contribution is 5.64. The van der Waals surface area contributed by atoms with Crippen molar-refractivity contribution in [2.24, 2.45) is 0 Å². The third-order valence-electron chi connectivity index (χ3n) is 6.15. The molecule has 3 aromatic rings. The molecule has 0 amide bonds. The number of anilines is 3. The molecule has 8 heteroatoms. The number of rotatable bonds is 4. The standard InChI is InChI=1S/C23H25F2N5O/c1-16-9-19(14-20(10-16)29-6-4-23(5-7-29)3-2-8-31-23)27-22-26-15-30(28-22)21-12-17(24)11-18(25)13-21/h9-15H,2-8H2,1H3,(H,27,28). The van der Waals surface area contributed by atoms with E-state index >= 15 is 0 Å². The quantitative estimate of drug-likeness (QED) is 0.654. The van der Waals surface area contributed by atoms with Crippen molar-refractivity contribution in [3.05, 3.63) is 59.9 Å². The molecule has 3 heterocycles. The van der Waals surface area contributed by atoms with E-state index in [0.717, 1.165) is 55.5 Å². The predicted octanol–water partition coefficient (Wildman–Crippen LogP) is 4.75. The van der Waals surface area contributed by atoms with Crippen molar-refractivity contribution in [3.63, 3.8) is 0 Å². The summed E-state index contributed by atoms with van der Waals surface area (Å²) in [6.45, 7) is 4.89. The van der Waals surface area contributed by atoms with E-state index in [0.29, 0.717) is 5.95 Å². The monoisotopic (exact) mass is 425 g/mol. The summed E-state index contributed by atoms with van der Waals surface area (Å²) < 4.78 is 34.4. The number of halogens is 2. The number of aromatic nitrogens is 3. The van der Waals surface area contributed by atoms with Crippen LogP contribution in [0.15, 0.2) is 42.7 Å². The van der Waals surface area contributed by atoms with Gasteiger partial charge < -0.3 is 15.0 Å². The summed E-state index contributed by atoms with van der Waals surface area (Å²) in [6, 6.07) is 9.54. The molecule has 31 heavy (non-hydrogen) atoms. The van der Waals surface area contributed by atoms with E-state index in [1.807, 2.05) is 6.07 Å². The lowest BCUT2D eigenvalue weighted by Gasteiger charge is -2.40. The first-order valence-corrected chi connectivity index (χ1v) is 10.6. The molecule has 1 N–H and O–H groups in total. The van der Waals surface area contributed by atoms with Gasteiger partial charge in [0.2, 0.25) is 5.95 Å². The fourth-order valence-corrected chi connectivity index (χ4v) is 4.58. The summed E-state index contributed by atoms with van der Waals surface area (Å²) in [5, 5.41) is 7.52. The first kappa shape index (κ1) is 19.9. The van der Waals surface area contributed by atoms with Crippen molar-refractivity contribution in [2.45, 2.75) is 38.2 Å². The van der Waals surface area contributed by atoms with E-state index in [9.17, 15) is 8.78 Å². The average molecular weight is 425 g/mol. The number of ether oxygens (including phenoxy) is 1. The van der Waals surface area contributed by atoms with Gasteiger partial charge >= 0.3 is 0 Å². The highest BCUT2D eigenvalue weighted by Crippen LogP contribution is 2.37. The van der Waals surface area contributed by atoms with Gasteiger partial charge in [0.05, 0.1) is 11.3 Å². The highest BCUT2D eigenvalue weighted by Gasteiger charge is 2.38. The third kappa shape index (κ3) is 4.25. The molecule has 162 valence electrons. The molecule has 0 aliphatic carbocycles. The Morgan fingerprint density at radius 2 is 1.74 bits per heavy atom. The Morgan fingerprint density at radius 1 is 0.968 bits per heavy atom. The zero-order chi connectivity index (χ0) is 21.4. The summed E-state index contributed by atoms with van der Waals surface area (Å²) in [5.41, 5.74) is 3.52. The van der Waals surface area contributed by atoms with Gasteiger partial charge in [0.1, 0.15) is 18.0 Å². The summed E-state index contributed by atoms with van der Waals surface area (Å²) >= 11 is 0. The van der Waals surface area contributed by atoms with E-state index in [1.54, 1.807) is 0 Å². The van der Waals surface area contributed by atoms with Crippen LogP contribution in [0, 0.1) is 18.6 Å². The molecule has 2 aromatic carbocycles. The van der Waals surface area contributed by atoms with Crippen molar-refractivity contribution in [1.82, 2.24) is 14.8 Å². The number of nitrogens with zero attached hydrogens (tertiary/aromatic N) is 4. The van der Waals surface area contributed by atoms with Crippen LogP contribution in [-0.2, 0) is 4.74 Å². The first-order chi connectivity index (χ1) is 15.0. The Kier molecular flexibility index (Phi) is 5.09. The summed E-state index contributed by atoms with van der Waals surface area (Å²) in [7, 11) is 0. The van der Waals surface area contributed by atoms with E-state index in [2.05, 4.69) is 39.4 Å². The van der Waals surface area contributed by atoms with Gasteiger partial charge in [0.25, 0.3) is 0 Å². The van der Waals surface area contributed by atoms with Gasteiger partial charge in [-0.05, 0) is 68.5 Å². The molecule has 0 unspecified atom stereocenters. The molecule has 2 fully saturated rings. The third-order valence-corrected chi connectivity index (χ3v) is 6.15. The number of benzene rings is 2. The molecule has 2 aliphatic heterocycles. The minimum atomic E-state index is -0.658. The topological polar surface area (TPSA) is 55.2 Å². The molecule has 0 saturated carbocycles. The van der Waals surface area contributed by atoms with Gasteiger partial charge in [-0.15, -0.1) is 5.10 Å². The van der Waals surface area contributed by atoms with Crippen molar-refractivity contribution in [3.8, 4) is 5.69 Å². The number of hydrogen-bond acceptors (Lipinski definition) is 5. The zero-order valence-electron chi connectivity index (χ0n) is 17.4. The van der Waals surface area contributed by atoms with Crippen molar-refractivity contribution >= 4 is 17.3 Å². The Morgan fingerprint density at radius 3 is 2.45 bits per heavy atom. The molecule has 0 bridgehead atoms. The molecule has 6 nitrogen and oxygen atoms in total. The fraction of sp³-hybridized carbons (Fsp3) is 0.391. The maximum Gasteiger partial charge on any atom is 0.246 e. The van der Waals surface area contributed by atoms with Crippen molar-refractivity contribution < 1.29 is 13.5 Å². The molecule has 1 spiro atoms. The van der Waals surface area contributed by atoms with Gasteiger partial charge in [0, 0.05) is 37.1 Å². The Balaban J connectivity index is 1.31. The lowest BCUT2D eigenvalue weighted by atomic mass is 9.88. The minimum Gasteiger partial charge on any atom is -0.375 e. The second-order valence-electron chi connectivity index (χ2n) is 8.44. The molecular weight excluding hydrogens is 400 g/mol. The van der Waals surface area contributed by atoms with Crippen LogP contribution >= 0.6 is 0 Å². The molecule has 2 saturated heterocycles. The van der Waals surface area contributed by atoms with Gasteiger partial charge in [-0.3, -0.25) is 0 Å². The Bertz CT molecular complexity index is 1060. The highest BCUT2D eigenvalue weighted by atomic mass is 19.1. The summed E-state index contributed by atoms with van der Waals surface area (Å²) in [4.78, 5) is 6.63. The summed E-state index contributed by atoms with van der Waals surface area (Å²) in [6.07, 6.45) is 5.88. The van der Waals surface area contributed by atoms with Crippen LogP contribution in [0.1, 0.15) is 31.2 Å². The summed E-state index contributed by atoms with van der Waals surface area (Å²) in [5.74, 6) is -0.956. The van der Waals surface area contributed by atoms with Crippen LogP contribution in [0.5, 0.6) is 0 Å². The van der Waals surface area contributed by atoms with Crippen LogP contribution < -0.4 is 10.2 Å². The first-order valence-electron chi connectivity index (χ1n) is 10.6. The van der Waals surface area contributed by atoms with Gasteiger partial charge in [0.15, 0.2) is 0 Å². The van der Waals surface area contributed by atoms with Crippen molar-refractivity contribution in [2.75, 3.05) is 29.9 Å². The Hall–Kier alpha value is -3.00. The SMILES string of the molecule is Cc1cc(Nc2ncn(-c3cc(F)cc(F)c3)n2)cc(N2CCC3(CCCO3)CC2)c1. The van der Waals surface area contributed by atoms with E-state index in [1.165, 1.54) is 36.0 Å². The molecule has 2 aliphatic rings. The molecule has 1 aromatic heterocycles. The lowest BCUT2D eigenvalue weighted by Crippen LogP contribution is -2.44. The average Bonchev–Trinajstić information content (AvgIpc) is 3.37. The maximum atomic E-state index is 13.5. The largest absolute Gasteiger partial charge is 0.375 e. The predicted molar refractivity (Wildman–Crippen MR) is 115 cm³/mol. The minimum absolute atomic E-state index is 0.0918. The van der Waals surface area contributed by atoms with E-state index < -0.39 is 11.6 Å². The van der Waals surface area contributed by atoms with Crippen LogP contribution in [0.3, 0.4) is 0 Å². The van der Waals surface area contributed by atoms with E-state index in [4.69, 9.17) is 4.74 Å². The normalized spacial score (nSPS) is 18.0. The van der Waals surface area contributed by atoms with Crippen LogP contribution in [-0.4, -0.2) is 40.1 Å². The van der Waals surface area contributed by atoms with Crippen molar-refractivity contribution in [1.29, 1.82) is 0 Å². The van der Waals surface area contributed by atoms with Gasteiger partial charge in [-0.2, -0.15) is 4.98 Å². The maximum absolute atomic E-state index is 13.5. The Labute approximate surface area is 179 Å². The van der Waals surface area contributed by atoms with Crippen LogP contribution in [0.25, 0.3) is 5.69 Å². The molecule has 0 radical (unpaired) electrons. The van der Waals surface area contributed by atoms with Gasteiger partial charge in [-0.1, -0.05) is 0 Å². The molecule has 0 atom stereocenters. The van der Waals surface area contributed by atoms with E-state index in [-0.39, 0.29) is 11.3 Å². The number of piperidine rings is 1. The lowest BCUT2D eigenvalue weighted by molar-refractivity contribution is -0.0146. The molecular formula is C23H25F2N5O. The fourth-order valence-electron chi connectivity index (χ4n) is 4.58. The zero-order valence-corrected chi connectivity index (χ0v) is 17.4. The number of aryl methyl sites for hydroxylation is 1. The second-order valence-corrected chi connectivity index (χ2v) is 8.44. The smallest absolute Gasteiger partial charge is 0.246 e. The van der Waals surface area contributed by atoms with Crippen LogP contribution in [0.4, 0.5) is 26.1 Å². The molecule has 5 rings (SSSR count). The number of nitrogens with one attached hydrogen (secondary N) is 1. The second kappa shape index (κ2) is 7.92. The van der Waals surface area contributed by atoms with Gasteiger partial charge in [-0.25, -0.2) is 13.5 Å².